The Morgan fingerprint density at radius 2 is 0.769 bits per heavy atom. The Bertz CT molecular complexity index is 115. The predicted octanol–water partition coefficient (Wildman–Crippen LogP) is 1.28. The fraction of sp³-hybridized carbons (Fsp3) is 1.00. The molecule has 0 atom stereocenters. The molecule has 7 heteroatoms. The Hall–Kier alpha value is 0.544. The third-order valence-electron chi connectivity index (χ3n) is 0. The van der Waals surface area contributed by atoms with Gasteiger partial charge in [0.1, 0.15) is 0 Å². The summed E-state index contributed by atoms with van der Waals surface area (Å²) in [5.41, 5.74) is 0. The average molecular weight is 246 g/mol. The van der Waals surface area contributed by atoms with Crippen LogP contribution in [0.2, 0.25) is 39.3 Å². The third kappa shape index (κ3) is 4720. The van der Waals surface area contributed by atoms with Gasteiger partial charge in [-0.2, -0.15) is 0 Å². The Kier molecular flexibility index (Phi) is 15.7. The highest BCUT2D eigenvalue weighted by Crippen LogP contribution is 2.25. The molecule has 0 amide bonds. The second-order valence-electron chi connectivity index (χ2n) is 3.98. The molecule has 0 aromatic heterocycles. The smallest absolute Gasteiger partial charge is 0.303 e. The Labute approximate surface area is 84.5 Å². The van der Waals surface area contributed by atoms with Gasteiger partial charge in [-0.1, -0.05) is 39.3 Å². The summed E-state index contributed by atoms with van der Waals surface area (Å²) in [6.45, 7) is 13.8. The van der Waals surface area contributed by atoms with Gasteiger partial charge in [0.2, 0.25) is 0 Å². The van der Waals surface area contributed by atoms with Crippen LogP contribution >= 0.6 is 7.82 Å². The van der Waals surface area contributed by atoms with E-state index in [4.69, 9.17) is 19.2 Å². The van der Waals surface area contributed by atoms with Gasteiger partial charge in [-0.25, -0.2) is 4.57 Å². The molecule has 0 aliphatic carbocycles. The molecule has 0 heterocycles. The Morgan fingerprint density at radius 3 is 0.769 bits per heavy atom. The first kappa shape index (κ1) is 19.2. The summed E-state index contributed by atoms with van der Waals surface area (Å²) in [6.07, 6.45) is 0. The molecule has 0 fully saturated rings. The van der Waals surface area contributed by atoms with Crippen molar-refractivity contribution in [2.24, 2.45) is 0 Å². The molecule has 0 saturated carbocycles. The van der Waals surface area contributed by atoms with E-state index >= 15 is 0 Å². The molecular weight excluding hydrogens is 223 g/mol. The molecule has 0 radical (unpaired) electrons. The van der Waals surface area contributed by atoms with Crippen LogP contribution in [0.5, 0.6) is 0 Å². The lowest BCUT2D eigenvalue weighted by Crippen LogP contribution is -1.84. The van der Waals surface area contributed by atoms with Gasteiger partial charge in [0.05, 0.1) is 0 Å². The zero-order valence-corrected chi connectivity index (χ0v) is 12.6. The number of hydrogen-bond donors (Lipinski definition) is 3. The van der Waals surface area contributed by atoms with Crippen LogP contribution in [0.15, 0.2) is 0 Å². The van der Waals surface area contributed by atoms with E-state index < -0.39 is 7.82 Å². The van der Waals surface area contributed by atoms with Gasteiger partial charge >= 0.3 is 7.82 Å². The molecular formula is C6H23O4PSi2. The van der Waals surface area contributed by atoms with E-state index in [1.807, 2.05) is 0 Å². The minimum atomic E-state index is -4.64. The van der Waals surface area contributed by atoms with Gasteiger partial charge < -0.3 is 14.7 Å². The van der Waals surface area contributed by atoms with Crippen LogP contribution in [0.3, 0.4) is 0 Å². The van der Waals surface area contributed by atoms with Crippen LogP contribution in [0, 0.1) is 0 Å². The second-order valence-corrected chi connectivity index (χ2v) is 11.9. The Balaban J connectivity index is -0.000000117. The van der Waals surface area contributed by atoms with Crippen LogP contribution in [0.1, 0.15) is 0 Å². The Morgan fingerprint density at radius 1 is 0.769 bits per heavy atom. The van der Waals surface area contributed by atoms with Crippen molar-refractivity contribution >= 4 is 25.4 Å². The zero-order chi connectivity index (χ0) is 11.7. The second kappa shape index (κ2) is 10.6. The van der Waals surface area contributed by atoms with Crippen molar-refractivity contribution in [3.8, 4) is 0 Å². The summed E-state index contributed by atoms with van der Waals surface area (Å²) in [5.74, 6) is 0. The number of phosphoric acid groups is 1. The summed E-state index contributed by atoms with van der Waals surface area (Å²) in [5, 5.41) is 0. The molecule has 3 N–H and O–H groups in total. The highest BCUT2D eigenvalue weighted by Gasteiger charge is 2.00. The van der Waals surface area contributed by atoms with E-state index in [0.717, 1.165) is 0 Å². The summed E-state index contributed by atoms with van der Waals surface area (Å²) >= 11 is 0. The maximum absolute atomic E-state index is 8.88. The topological polar surface area (TPSA) is 77.8 Å². The molecule has 13 heavy (non-hydrogen) atoms. The van der Waals surface area contributed by atoms with Gasteiger partial charge in [-0.05, 0) is 0 Å². The predicted molar refractivity (Wildman–Crippen MR) is 63.7 cm³/mol. The highest BCUT2D eigenvalue weighted by molar-refractivity contribution is 7.45. The first-order valence-electron chi connectivity index (χ1n) is 4.25. The van der Waals surface area contributed by atoms with E-state index in [1.165, 1.54) is 0 Å². The first-order valence-corrected chi connectivity index (χ1v) is 12.7. The zero-order valence-electron chi connectivity index (χ0n) is 9.35. The van der Waals surface area contributed by atoms with Crippen molar-refractivity contribution in [1.82, 2.24) is 0 Å². The first-order chi connectivity index (χ1) is 5.46. The molecule has 0 aliphatic rings. The molecule has 0 bridgehead atoms. The van der Waals surface area contributed by atoms with E-state index in [9.17, 15) is 0 Å². The van der Waals surface area contributed by atoms with Crippen LogP contribution in [0.25, 0.3) is 0 Å². The van der Waals surface area contributed by atoms with Crippen molar-refractivity contribution < 1.29 is 19.2 Å². The molecule has 0 aromatic rings. The van der Waals surface area contributed by atoms with E-state index in [0.29, 0.717) is 0 Å². The fourth-order valence-corrected chi connectivity index (χ4v) is 0. The van der Waals surface area contributed by atoms with Crippen LogP contribution < -0.4 is 0 Å². The van der Waals surface area contributed by atoms with Gasteiger partial charge in [0.15, 0.2) is 0 Å². The average Bonchev–Trinajstić information content (AvgIpc) is 1.50. The van der Waals surface area contributed by atoms with Gasteiger partial charge in [-0.15, -0.1) is 0 Å². The largest absolute Gasteiger partial charge is 0.466 e. The number of rotatable bonds is 0. The standard InChI is InChI=1S/2C3H10Si.H3O4P/c2*1-4(2)3;1-5(2,3)4/h2*4H,1-3H3;(H3,1,2,3,4). The third-order valence-corrected chi connectivity index (χ3v) is 0. The number of hydrogen-bond acceptors (Lipinski definition) is 1. The van der Waals surface area contributed by atoms with E-state index in [2.05, 4.69) is 39.3 Å². The summed E-state index contributed by atoms with van der Waals surface area (Å²) in [7, 11) is -4.92. The minimum Gasteiger partial charge on any atom is -0.303 e. The van der Waals surface area contributed by atoms with E-state index in [1.54, 1.807) is 0 Å². The van der Waals surface area contributed by atoms with Gasteiger partial charge in [0.25, 0.3) is 0 Å². The normalized spacial score (nSPS) is 10.1. The molecule has 4 nitrogen and oxygen atoms in total. The SMILES string of the molecule is C[SiH](C)C.C[SiH](C)C.O=P(O)(O)O. The lowest BCUT2D eigenvalue weighted by atomic mass is 11.8. The van der Waals surface area contributed by atoms with E-state index in [-0.39, 0.29) is 17.6 Å². The van der Waals surface area contributed by atoms with Crippen molar-refractivity contribution in [1.29, 1.82) is 0 Å². The molecule has 0 saturated heterocycles. The molecule has 84 valence electrons. The van der Waals surface area contributed by atoms with Gasteiger partial charge in [-0.3, -0.25) is 0 Å². The molecule has 0 aliphatic heterocycles. The van der Waals surface area contributed by atoms with Crippen LogP contribution in [-0.4, -0.2) is 32.3 Å². The molecule has 0 unspecified atom stereocenters. The molecule has 0 rings (SSSR count). The van der Waals surface area contributed by atoms with Crippen molar-refractivity contribution in [3.05, 3.63) is 0 Å². The maximum atomic E-state index is 8.88. The summed E-state index contributed by atoms with van der Waals surface area (Å²) in [6, 6.07) is 0. The minimum absolute atomic E-state index is 0.139. The monoisotopic (exact) mass is 246 g/mol. The van der Waals surface area contributed by atoms with Crippen LogP contribution in [0.4, 0.5) is 0 Å². The van der Waals surface area contributed by atoms with Crippen LogP contribution in [-0.2, 0) is 4.57 Å². The summed E-state index contributed by atoms with van der Waals surface area (Å²) < 4.78 is 8.88. The van der Waals surface area contributed by atoms with Crippen molar-refractivity contribution in [2.45, 2.75) is 39.3 Å². The summed E-state index contributed by atoms with van der Waals surface area (Å²) in [4.78, 5) is 21.6. The highest BCUT2D eigenvalue weighted by atomic mass is 31.2. The molecule has 0 spiro atoms. The molecule has 0 aromatic carbocycles. The lowest BCUT2D eigenvalue weighted by Gasteiger charge is -1.82. The van der Waals surface area contributed by atoms with Crippen molar-refractivity contribution in [2.75, 3.05) is 0 Å². The van der Waals surface area contributed by atoms with Crippen molar-refractivity contribution in [3.63, 3.8) is 0 Å². The quantitative estimate of drug-likeness (QED) is 0.444. The maximum Gasteiger partial charge on any atom is 0.466 e. The lowest BCUT2D eigenvalue weighted by molar-refractivity contribution is 0.275. The fourth-order valence-electron chi connectivity index (χ4n) is 0. The van der Waals surface area contributed by atoms with Gasteiger partial charge in [0, 0.05) is 17.6 Å².